The monoisotopic (exact) mass is 685 g/mol. The molecule has 0 aliphatic rings. The molecule has 0 atom stereocenters. The first-order valence-electron chi connectivity index (χ1n) is 18.4. The second-order valence-corrected chi connectivity index (χ2v) is 13.9. The van der Waals surface area contributed by atoms with Gasteiger partial charge in [0, 0.05) is 38.4 Å². The molecule has 8 aromatic carbocycles. The minimum Gasteiger partial charge on any atom is -0.247 e. The summed E-state index contributed by atoms with van der Waals surface area (Å²) in [5, 5.41) is 10.3. The molecule has 54 heavy (non-hydrogen) atoms. The molecule has 3 nitrogen and oxygen atoms in total. The third-order valence-corrected chi connectivity index (χ3v) is 10.8. The number of hydrogen-bond donors (Lipinski definition) is 0. The van der Waals surface area contributed by atoms with E-state index in [-0.39, 0.29) is 0 Å². The van der Waals surface area contributed by atoms with Crippen LogP contribution in [-0.2, 0) is 0 Å². The molecule has 11 aromatic rings. The minimum atomic E-state index is 0.860. The lowest BCUT2D eigenvalue weighted by atomic mass is 9.93. The van der Waals surface area contributed by atoms with E-state index in [0.717, 1.165) is 77.6 Å². The van der Waals surface area contributed by atoms with Gasteiger partial charge in [0.2, 0.25) is 0 Å². The zero-order valence-corrected chi connectivity index (χ0v) is 29.2. The first kappa shape index (κ1) is 30.4. The maximum Gasteiger partial charge on any atom is 0.0979 e. The van der Waals surface area contributed by atoms with Crippen molar-refractivity contribution in [1.29, 1.82) is 0 Å². The topological polar surface area (TPSA) is 38.7 Å². The molecule has 0 aliphatic carbocycles. The normalized spacial score (nSPS) is 11.7. The molecule has 3 heteroatoms. The predicted octanol–water partition coefficient (Wildman–Crippen LogP) is 13.5. The van der Waals surface area contributed by atoms with E-state index in [0.29, 0.717) is 0 Å². The third-order valence-electron chi connectivity index (χ3n) is 10.8. The van der Waals surface area contributed by atoms with E-state index in [1.807, 2.05) is 0 Å². The fourth-order valence-electron chi connectivity index (χ4n) is 8.26. The van der Waals surface area contributed by atoms with Crippen LogP contribution in [0.25, 0.3) is 110 Å². The summed E-state index contributed by atoms with van der Waals surface area (Å²) in [7, 11) is 0. The SMILES string of the molecule is c1ccc(-c2c3ccccc3cc3ccc(-c4cc5ccc(-c6cccc7ccccc67)nc5c5nc(-c6cccc7ccccc67)ccc45)nc23)cc1. The maximum absolute atomic E-state index is 5.50. The van der Waals surface area contributed by atoms with Gasteiger partial charge in [0.1, 0.15) is 0 Å². The lowest BCUT2D eigenvalue weighted by Gasteiger charge is -2.15. The van der Waals surface area contributed by atoms with E-state index in [4.69, 9.17) is 15.0 Å². The maximum atomic E-state index is 5.50. The van der Waals surface area contributed by atoms with Gasteiger partial charge in [-0.15, -0.1) is 0 Å². The van der Waals surface area contributed by atoms with E-state index in [1.54, 1.807) is 0 Å². The predicted molar refractivity (Wildman–Crippen MR) is 227 cm³/mol. The molecule has 0 amide bonds. The zero-order chi connectivity index (χ0) is 35.6. The first-order valence-corrected chi connectivity index (χ1v) is 18.4. The van der Waals surface area contributed by atoms with Crippen LogP contribution in [0, 0.1) is 0 Å². The number of aromatic nitrogens is 3. The second kappa shape index (κ2) is 12.2. The Morgan fingerprint density at radius 3 is 1.44 bits per heavy atom. The quantitative estimate of drug-likeness (QED) is 0.137. The van der Waals surface area contributed by atoms with Gasteiger partial charge in [-0.05, 0) is 74.3 Å². The van der Waals surface area contributed by atoms with Gasteiger partial charge >= 0.3 is 0 Å². The minimum absolute atomic E-state index is 0.860. The van der Waals surface area contributed by atoms with Gasteiger partial charge in [-0.1, -0.05) is 152 Å². The van der Waals surface area contributed by atoms with Crippen molar-refractivity contribution in [3.63, 3.8) is 0 Å². The Kier molecular flexibility index (Phi) is 6.86. The number of hydrogen-bond acceptors (Lipinski definition) is 3. The summed E-state index contributed by atoms with van der Waals surface area (Å²) < 4.78 is 0. The summed E-state index contributed by atoms with van der Waals surface area (Å²) in [6.07, 6.45) is 0. The van der Waals surface area contributed by atoms with Gasteiger partial charge in [-0.25, -0.2) is 15.0 Å². The van der Waals surface area contributed by atoms with E-state index in [1.165, 1.54) is 32.3 Å². The molecule has 0 saturated carbocycles. The molecular formula is C51H31N3. The van der Waals surface area contributed by atoms with Gasteiger partial charge in [-0.3, -0.25) is 0 Å². The van der Waals surface area contributed by atoms with E-state index in [9.17, 15) is 0 Å². The van der Waals surface area contributed by atoms with Crippen molar-refractivity contribution < 1.29 is 0 Å². The van der Waals surface area contributed by atoms with E-state index < -0.39 is 0 Å². The third kappa shape index (κ3) is 4.87. The molecule has 3 aromatic heterocycles. The number of nitrogens with zero attached hydrogens (tertiary/aromatic N) is 3. The lowest BCUT2D eigenvalue weighted by molar-refractivity contribution is 1.36. The van der Waals surface area contributed by atoms with Crippen LogP contribution >= 0.6 is 0 Å². The second-order valence-electron chi connectivity index (χ2n) is 13.9. The van der Waals surface area contributed by atoms with Crippen molar-refractivity contribution in [3.8, 4) is 44.9 Å². The molecule has 0 unspecified atom stereocenters. The molecular weight excluding hydrogens is 655 g/mol. The Morgan fingerprint density at radius 1 is 0.259 bits per heavy atom. The largest absolute Gasteiger partial charge is 0.247 e. The van der Waals surface area contributed by atoms with Gasteiger partial charge in [-0.2, -0.15) is 0 Å². The van der Waals surface area contributed by atoms with Crippen molar-refractivity contribution in [2.75, 3.05) is 0 Å². The van der Waals surface area contributed by atoms with Crippen LogP contribution in [0.5, 0.6) is 0 Å². The van der Waals surface area contributed by atoms with Crippen LogP contribution in [0.3, 0.4) is 0 Å². The summed E-state index contributed by atoms with van der Waals surface area (Å²) in [6, 6.07) is 66.7. The Morgan fingerprint density at radius 2 is 0.759 bits per heavy atom. The van der Waals surface area contributed by atoms with Crippen molar-refractivity contribution in [1.82, 2.24) is 15.0 Å². The molecule has 0 fully saturated rings. The van der Waals surface area contributed by atoms with Crippen molar-refractivity contribution in [2.24, 2.45) is 0 Å². The zero-order valence-electron chi connectivity index (χ0n) is 29.2. The van der Waals surface area contributed by atoms with Crippen LogP contribution in [0.4, 0.5) is 0 Å². The van der Waals surface area contributed by atoms with Crippen LogP contribution in [0.2, 0.25) is 0 Å². The van der Waals surface area contributed by atoms with Crippen LogP contribution in [0.1, 0.15) is 0 Å². The highest BCUT2D eigenvalue weighted by atomic mass is 14.8. The average molecular weight is 686 g/mol. The number of benzene rings is 8. The summed E-state index contributed by atoms with van der Waals surface area (Å²) in [6.45, 7) is 0. The number of fused-ring (bicyclic) bond motifs is 7. The summed E-state index contributed by atoms with van der Waals surface area (Å²) >= 11 is 0. The molecule has 0 radical (unpaired) electrons. The molecule has 3 heterocycles. The molecule has 11 rings (SSSR count). The highest BCUT2D eigenvalue weighted by Crippen LogP contribution is 2.40. The fourth-order valence-corrected chi connectivity index (χ4v) is 8.26. The van der Waals surface area contributed by atoms with Crippen molar-refractivity contribution in [2.45, 2.75) is 0 Å². The van der Waals surface area contributed by atoms with Gasteiger partial charge in [0.05, 0.1) is 33.6 Å². The van der Waals surface area contributed by atoms with Crippen molar-refractivity contribution >= 4 is 65.0 Å². The average Bonchev–Trinajstić information content (AvgIpc) is 3.24. The smallest absolute Gasteiger partial charge is 0.0979 e. The Hall–Kier alpha value is -7.23. The number of rotatable bonds is 4. The molecule has 0 aliphatic heterocycles. The fraction of sp³-hybridized carbons (Fsp3) is 0. The van der Waals surface area contributed by atoms with Crippen LogP contribution in [0.15, 0.2) is 188 Å². The van der Waals surface area contributed by atoms with Crippen LogP contribution in [-0.4, -0.2) is 15.0 Å². The molecule has 250 valence electrons. The van der Waals surface area contributed by atoms with Crippen LogP contribution < -0.4 is 0 Å². The van der Waals surface area contributed by atoms with E-state index >= 15 is 0 Å². The summed E-state index contributed by atoms with van der Waals surface area (Å²) in [4.78, 5) is 16.4. The lowest BCUT2D eigenvalue weighted by Crippen LogP contribution is -1.96. The Labute approximate surface area is 311 Å². The van der Waals surface area contributed by atoms with E-state index in [2.05, 4.69) is 188 Å². The first-order chi connectivity index (χ1) is 26.8. The number of pyridine rings is 3. The van der Waals surface area contributed by atoms with Gasteiger partial charge < -0.3 is 0 Å². The summed E-state index contributed by atoms with van der Waals surface area (Å²) in [5.74, 6) is 0. The highest BCUT2D eigenvalue weighted by Gasteiger charge is 2.18. The summed E-state index contributed by atoms with van der Waals surface area (Å²) in [5.41, 5.74) is 11.0. The molecule has 0 N–H and O–H groups in total. The van der Waals surface area contributed by atoms with Crippen molar-refractivity contribution in [3.05, 3.63) is 188 Å². The van der Waals surface area contributed by atoms with Gasteiger partial charge in [0.15, 0.2) is 0 Å². The Bertz CT molecular complexity index is 3270. The standard InChI is InChI=1S/C51H31N3/c1-2-14-34(15-3-1)48-40-21-9-6-16-35(40)30-36-24-28-47(52-49(36)48)44-31-37-25-27-45(41-22-10-17-32-12-4-7-19-38(32)41)53-50(37)51-43(44)26-29-46(54-51)42-23-11-18-33-13-5-8-20-39(33)42/h1-31H. The molecule has 0 bridgehead atoms. The van der Waals surface area contributed by atoms with Gasteiger partial charge in [0.25, 0.3) is 0 Å². The molecule has 0 saturated heterocycles. The Balaban J connectivity index is 1.20. The molecule has 0 spiro atoms. The highest BCUT2D eigenvalue weighted by molar-refractivity contribution is 6.14.